The Morgan fingerprint density at radius 2 is 2.07 bits per heavy atom. The van der Waals surface area contributed by atoms with Gasteiger partial charge in [0.25, 0.3) is 6.43 Å². The smallest absolute Gasteiger partial charge is 0.261 e. The summed E-state index contributed by atoms with van der Waals surface area (Å²) in [5.41, 5.74) is 2.01. The van der Waals surface area contributed by atoms with E-state index < -0.39 is 6.43 Å². The molecular weight excluding hydrogens is 200 g/mol. The Morgan fingerprint density at radius 3 is 2.60 bits per heavy atom. The average Bonchev–Trinajstić information content (AvgIpc) is 2.68. The molecule has 0 atom stereocenters. The Morgan fingerprint density at radius 1 is 1.27 bits per heavy atom. The third kappa shape index (κ3) is 2.06. The van der Waals surface area contributed by atoms with Crippen molar-refractivity contribution in [3.8, 4) is 0 Å². The van der Waals surface area contributed by atoms with Crippen LogP contribution in [0.15, 0.2) is 28.5 Å². The van der Waals surface area contributed by atoms with Crippen LogP contribution in [0, 0.1) is 6.92 Å². The highest BCUT2D eigenvalue weighted by molar-refractivity contribution is 6.15. The van der Waals surface area contributed by atoms with E-state index in [0.717, 1.165) is 11.3 Å². The quantitative estimate of drug-likeness (QED) is 0.735. The molecule has 0 saturated heterocycles. The summed E-state index contributed by atoms with van der Waals surface area (Å²) in [7, 11) is 0. The van der Waals surface area contributed by atoms with Crippen molar-refractivity contribution in [2.24, 2.45) is 10.2 Å². The molecule has 0 aromatic carbocycles. The number of hydrogen-bond donors (Lipinski definition) is 0. The third-order valence-corrected chi connectivity index (χ3v) is 2.14. The predicted octanol–water partition coefficient (Wildman–Crippen LogP) is 2.20. The van der Waals surface area contributed by atoms with Crippen LogP contribution in [0.3, 0.4) is 0 Å². The first-order valence-corrected chi connectivity index (χ1v) is 4.51. The van der Waals surface area contributed by atoms with Gasteiger partial charge in [0.1, 0.15) is 5.71 Å². The Bertz CT molecular complexity index is 421. The minimum Gasteiger partial charge on any atom is -0.261 e. The fraction of sp³-hybridized carbons (Fsp3) is 0.300. The van der Waals surface area contributed by atoms with E-state index in [9.17, 15) is 8.78 Å². The van der Waals surface area contributed by atoms with Crippen LogP contribution in [0.2, 0.25) is 0 Å². The van der Waals surface area contributed by atoms with Gasteiger partial charge in [-0.25, -0.2) is 8.78 Å². The van der Waals surface area contributed by atoms with E-state index in [0.29, 0.717) is 5.71 Å². The van der Waals surface area contributed by atoms with Crippen LogP contribution in [0.25, 0.3) is 0 Å². The number of aryl methyl sites for hydroxylation is 1. The molecule has 0 fully saturated rings. The maximum absolute atomic E-state index is 12.3. The molecule has 0 radical (unpaired) electrons. The molecule has 0 bridgehead atoms. The van der Waals surface area contributed by atoms with Crippen LogP contribution >= 0.6 is 0 Å². The van der Waals surface area contributed by atoms with E-state index in [-0.39, 0.29) is 12.1 Å². The highest BCUT2D eigenvalue weighted by Gasteiger charge is 2.21. The number of aromatic nitrogens is 1. The number of nitrogens with zero attached hydrogens (tertiary/aromatic N) is 3. The molecule has 0 N–H and O–H groups in total. The second kappa shape index (κ2) is 3.84. The summed E-state index contributed by atoms with van der Waals surface area (Å²) in [6, 6.07) is 3.63. The highest BCUT2D eigenvalue weighted by atomic mass is 19.3. The average molecular weight is 209 g/mol. The van der Waals surface area contributed by atoms with Crippen molar-refractivity contribution < 1.29 is 8.78 Å². The Hall–Kier alpha value is -1.65. The van der Waals surface area contributed by atoms with Gasteiger partial charge in [-0.3, -0.25) is 4.98 Å². The number of alkyl halides is 2. The zero-order chi connectivity index (χ0) is 10.8. The van der Waals surface area contributed by atoms with Crippen LogP contribution in [-0.2, 0) is 0 Å². The Labute approximate surface area is 85.6 Å². The minimum atomic E-state index is -2.52. The van der Waals surface area contributed by atoms with Gasteiger partial charge in [0, 0.05) is 23.9 Å². The second-order valence-electron chi connectivity index (χ2n) is 3.30. The van der Waals surface area contributed by atoms with Crippen LogP contribution < -0.4 is 0 Å². The monoisotopic (exact) mass is 209 g/mol. The molecule has 1 aromatic heterocycles. The number of halogens is 2. The molecule has 3 nitrogen and oxygen atoms in total. The molecule has 0 aliphatic carbocycles. The molecule has 0 spiro atoms. The minimum absolute atomic E-state index is 0.113. The molecule has 0 saturated carbocycles. The van der Waals surface area contributed by atoms with Crippen molar-refractivity contribution in [1.29, 1.82) is 0 Å². The van der Waals surface area contributed by atoms with Gasteiger partial charge < -0.3 is 0 Å². The van der Waals surface area contributed by atoms with Crippen molar-refractivity contribution in [2.45, 2.75) is 19.8 Å². The van der Waals surface area contributed by atoms with Crippen molar-refractivity contribution >= 4 is 11.4 Å². The summed E-state index contributed by atoms with van der Waals surface area (Å²) >= 11 is 0. The first kappa shape index (κ1) is 9.89. The van der Waals surface area contributed by atoms with Crippen molar-refractivity contribution in [2.75, 3.05) is 0 Å². The molecule has 15 heavy (non-hydrogen) atoms. The van der Waals surface area contributed by atoms with E-state index in [2.05, 4.69) is 15.2 Å². The topological polar surface area (TPSA) is 37.6 Å². The molecule has 1 aliphatic heterocycles. The van der Waals surface area contributed by atoms with Crippen molar-refractivity contribution in [3.63, 3.8) is 0 Å². The standard InChI is InChI=1S/C10H9F2N3/c1-6-2-3-7(5-13-6)8-4-9(10(11)12)15-14-8/h2-3,5,10H,4H2,1H3. The Kier molecular flexibility index (Phi) is 2.53. The molecule has 5 heteroatoms. The van der Waals surface area contributed by atoms with Crippen molar-refractivity contribution in [3.05, 3.63) is 29.6 Å². The summed E-state index contributed by atoms with van der Waals surface area (Å²) < 4.78 is 24.5. The van der Waals surface area contributed by atoms with Gasteiger partial charge in [-0.05, 0) is 19.1 Å². The molecule has 1 aromatic rings. The lowest BCUT2D eigenvalue weighted by molar-refractivity contribution is 0.224. The molecule has 2 heterocycles. The second-order valence-corrected chi connectivity index (χ2v) is 3.30. The molecule has 0 unspecified atom stereocenters. The summed E-state index contributed by atoms with van der Waals surface area (Å²) in [5, 5.41) is 7.17. The third-order valence-electron chi connectivity index (χ3n) is 2.14. The first-order valence-electron chi connectivity index (χ1n) is 4.51. The highest BCUT2D eigenvalue weighted by Crippen LogP contribution is 2.15. The number of rotatable bonds is 2. The van der Waals surface area contributed by atoms with E-state index in [1.165, 1.54) is 0 Å². The lowest BCUT2D eigenvalue weighted by Gasteiger charge is -2.00. The van der Waals surface area contributed by atoms with Crippen LogP contribution in [0.1, 0.15) is 17.7 Å². The van der Waals surface area contributed by atoms with Gasteiger partial charge in [-0.2, -0.15) is 10.2 Å². The maximum Gasteiger partial charge on any atom is 0.278 e. The largest absolute Gasteiger partial charge is 0.278 e. The van der Waals surface area contributed by atoms with E-state index in [1.54, 1.807) is 6.20 Å². The lowest BCUT2D eigenvalue weighted by Crippen LogP contribution is -2.11. The van der Waals surface area contributed by atoms with Crippen molar-refractivity contribution in [1.82, 2.24) is 4.98 Å². The summed E-state index contributed by atoms with van der Waals surface area (Å²) in [6.07, 6.45) is -0.787. The van der Waals surface area contributed by atoms with Gasteiger partial charge in [0.15, 0.2) is 0 Å². The summed E-state index contributed by atoms with van der Waals surface area (Å²) in [6.45, 7) is 1.86. The molecule has 78 valence electrons. The molecule has 1 aliphatic rings. The van der Waals surface area contributed by atoms with E-state index in [4.69, 9.17) is 0 Å². The summed E-state index contributed by atoms with van der Waals surface area (Å²) in [5.74, 6) is 0. The SMILES string of the molecule is Cc1ccc(C2=NN=C(C(F)F)C2)cn1. The lowest BCUT2D eigenvalue weighted by atomic mass is 10.1. The molecular formula is C10H9F2N3. The molecule has 0 amide bonds. The van der Waals surface area contributed by atoms with Crippen LogP contribution in [0.5, 0.6) is 0 Å². The van der Waals surface area contributed by atoms with Gasteiger partial charge >= 0.3 is 0 Å². The van der Waals surface area contributed by atoms with Gasteiger partial charge in [-0.15, -0.1) is 0 Å². The van der Waals surface area contributed by atoms with Gasteiger partial charge in [0.05, 0.1) is 5.71 Å². The number of pyridine rings is 1. The normalized spacial score (nSPS) is 15.5. The molecule has 2 rings (SSSR count). The van der Waals surface area contributed by atoms with Gasteiger partial charge in [-0.1, -0.05) is 0 Å². The zero-order valence-electron chi connectivity index (χ0n) is 8.11. The zero-order valence-corrected chi connectivity index (χ0v) is 8.11. The van der Waals surface area contributed by atoms with Gasteiger partial charge in [0.2, 0.25) is 0 Å². The van der Waals surface area contributed by atoms with E-state index >= 15 is 0 Å². The predicted molar refractivity (Wildman–Crippen MR) is 53.6 cm³/mol. The number of hydrogen-bond acceptors (Lipinski definition) is 3. The fourth-order valence-electron chi connectivity index (χ4n) is 1.29. The Balaban J connectivity index is 2.14. The first-order chi connectivity index (χ1) is 7.16. The fourth-order valence-corrected chi connectivity index (χ4v) is 1.29. The van der Waals surface area contributed by atoms with Crippen LogP contribution in [0.4, 0.5) is 8.78 Å². The summed E-state index contributed by atoms with van der Waals surface area (Å²) in [4.78, 5) is 4.07. The maximum atomic E-state index is 12.3. The van der Waals surface area contributed by atoms with E-state index in [1.807, 2.05) is 19.1 Å². The van der Waals surface area contributed by atoms with Crippen LogP contribution in [-0.4, -0.2) is 22.8 Å².